The van der Waals surface area contributed by atoms with Crippen LogP contribution in [0.1, 0.15) is 48.6 Å². The van der Waals surface area contributed by atoms with Gasteiger partial charge in [-0.15, -0.1) is 0 Å². The summed E-state index contributed by atoms with van der Waals surface area (Å²) in [6.07, 6.45) is 1.84. The van der Waals surface area contributed by atoms with Gasteiger partial charge in [-0.25, -0.2) is 0 Å². The van der Waals surface area contributed by atoms with E-state index in [4.69, 9.17) is 23.8 Å². The van der Waals surface area contributed by atoms with Gasteiger partial charge in [0.1, 0.15) is 0 Å². The molecule has 2 atom stereocenters. The topological polar surface area (TPSA) is 33.1 Å². The van der Waals surface area contributed by atoms with Gasteiger partial charge in [0.2, 0.25) is 0 Å². The molecule has 4 nitrogen and oxygen atoms in total. The van der Waals surface area contributed by atoms with Gasteiger partial charge in [-0.3, -0.25) is 4.98 Å². The lowest BCUT2D eigenvalue weighted by Crippen LogP contribution is -2.35. The molecule has 3 heterocycles. The third-order valence-corrected chi connectivity index (χ3v) is 6.11. The molecule has 1 aromatic carbocycles. The van der Waals surface area contributed by atoms with Crippen molar-refractivity contribution >= 4 is 28.9 Å². The first kappa shape index (κ1) is 19.9. The molecule has 150 valence electrons. The van der Waals surface area contributed by atoms with Crippen LogP contribution in [0.5, 0.6) is 0 Å². The highest BCUT2D eigenvalue weighted by Crippen LogP contribution is 2.42. The molecule has 4 rings (SSSR count). The summed E-state index contributed by atoms with van der Waals surface area (Å²) < 4.78 is 2.26. The van der Waals surface area contributed by atoms with Crippen LogP contribution in [0.15, 0.2) is 54.7 Å². The van der Waals surface area contributed by atoms with Crippen molar-refractivity contribution in [1.82, 2.24) is 19.8 Å². The Balaban J connectivity index is 1.86. The fourth-order valence-corrected chi connectivity index (χ4v) is 4.99. The minimum atomic E-state index is -0.000545. The number of rotatable bonds is 4. The number of pyridine rings is 1. The molecule has 0 radical (unpaired) electrons. The molecule has 2 unspecified atom stereocenters. The van der Waals surface area contributed by atoms with Crippen molar-refractivity contribution in [3.05, 3.63) is 82.4 Å². The van der Waals surface area contributed by atoms with Crippen LogP contribution < -0.4 is 5.32 Å². The number of aryl methyl sites for hydroxylation is 1. The van der Waals surface area contributed by atoms with Crippen LogP contribution in [0.2, 0.25) is 5.02 Å². The molecule has 3 aromatic rings. The maximum absolute atomic E-state index is 6.26. The van der Waals surface area contributed by atoms with Crippen LogP contribution in [0.3, 0.4) is 0 Å². The van der Waals surface area contributed by atoms with E-state index in [2.05, 4.69) is 65.7 Å². The van der Waals surface area contributed by atoms with Crippen molar-refractivity contribution in [2.24, 2.45) is 0 Å². The van der Waals surface area contributed by atoms with Gasteiger partial charge in [0, 0.05) is 34.3 Å². The predicted octanol–water partition coefficient (Wildman–Crippen LogP) is 5.52. The normalized spacial score (nSPS) is 19.1. The zero-order valence-corrected chi connectivity index (χ0v) is 18.6. The maximum Gasteiger partial charge on any atom is 0.170 e. The average Bonchev–Trinajstić information content (AvgIpc) is 3.18. The number of benzene rings is 1. The van der Waals surface area contributed by atoms with Crippen molar-refractivity contribution in [2.45, 2.75) is 45.8 Å². The van der Waals surface area contributed by atoms with E-state index in [-0.39, 0.29) is 18.1 Å². The SMILES string of the molecule is Cc1cc(C2C(c3ccccn3)NC(=S)N2C(C)C)c(C)n1-c1cccc(Cl)c1. The first-order valence-corrected chi connectivity index (χ1v) is 10.6. The van der Waals surface area contributed by atoms with Crippen LogP contribution in [-0.4, -0.2) is 25.6 Å². The van der Waals surface area contributed by atoms with E-state index >= 15 is 0 Å². The van der Waals surface area contributed by atoms with Crippen LogP contribution in [0.25, 0.3) is 5.69 Å². The van der Waals surface area contributed by atoms with E-state index in [0.717, 1.165) is 21.5 Å². The standard InChI is InChI=1S/C23H25ClN4S/c1-14(2)27-22(21(26-23(27)29)20-10-5-6-11-25-20)19-12-15(3)28(16(19)4)18-9-7-8-17(24)13-18/h5-14,21-22H,1-4H3,(H,26,29). The fraction of sp³-hybridized carbons (Fsp3) is 0.304. The molecule has 1 fully saturated rings. The molecule has 0 saturated carbocycles. The third-order valence-electron chi connectivity index (χ3n) is 5.55. The molecule has 0 spiro atoms. The lowest BCUT2D eigenvalue weighted by Gasteiger charge is -2.31. The van der Waals surface area contributed by atoms with Gasteiger partial charge in [-0.05, 0) is 81.9 Å². The zero-order valence-electron chi connectivity index (χ0n) is 17.1. The summed E-state index contributed by atoms with van der Waals surface area (Å²) in [5, 5.41) is 5.02. The van der Waals surface area contributed by atoms with Crippen molar-refractivity contribution in [3.8, 4) is 5.69 Å². The number of thiocarbonyl (C=S) groups is 1. The monoisotopic (exact) mass is 424 g/mol. The van der Waals surface area contributed by atoms with Crippen LogP contribution in [0.4, 0.5) is 0 Å². The van der Waals surface area contributed by atoms with Crippen LogP contribution in [0, 0.1) is 13.8 Å². The van der Waals surface area contributed by atoms with E-state index in [1.165, 1.54) is 17.0 Å². The number of nitrogens with one attached hydrogen (secondary N) is 1. The lowest BCUT2D eigenvalue weighted by atomic mass is 9.96. The summed E-state index contributed by atoms with van der Waals surface area (Å²) in [6, 6.07) is 16.6. The molecule has 1 N–H and O–H groups in total. The second-order valence-electron chi connectivity index (χ2n) is 7.77. The largest absolute Gasteiger partial charge is 0.352 e. The first-order chi connectivity index (χ1) is 13.9. The molecule has 0 aliphatic carbocycles. The highest BCUT2D eigenvalue weighted by molar-refractivity contribution is 7.80. The Morgan fingerprint density at radius 3 is 2.55 bits per heavy atom. The minimum absolute atomic E-state index is 0.000545. The second kappa shape index (κ2) is 7.81. The summed E-state index contributed by atoms with van der Waals surface area (Å²) in [5.74, 6) is 0. The average molecular weight is 425 g/mol. The highest BCUT2D eigenvalue weighted by atomic mass is 35.5. The van der Waals surface area contributed by atoms with E-state index in [9.17, 15) is 0 Å². The molecule has 1 saturated heterocycles. The van der Waals surface area contributed by atoms with Gasteiger partial charge in [0.25, 0.3) is 0 Å². The van der Waals surface area contributed by atoms with Gasteiger partial charge in [0.15, 0.2) is 5.11 Å². The first-order valence-electron chi connectivity index (χ1n) is 9.83. The molecule has 1 aliphatic heterocycles. The van der Waals surface area contributed by atoms with Gasteiger partial charge >= 0.3 is 0 Å². The van der Waals surface area contributed by atoms with Crippen molar-refractivity contribution < 1.29 is 0 Å². The Kier molecular flexibility index (Phi) is 5.36. The Bertz CT molecular complexity index is 1040. The Labute approximate surface area is 182 Å². The van der Waals surface area contributed by atoms with Crippen LogP contribution in [-0.2, 0) is 0 Å². The van der Waals surface area contributed by atoms with E-state index in [0.29, 0.717) is 0 Å². The van der Waals surface area contributed by atoms with Crippen molar-refractivity contribution in [1.29, 1.82) is 0 Å². The van der Waals surface area contributed by atoms with E-state index < -0.39 is 0 Å². The quantitative estimate of drug-likeness (QED) is 0.558. The van der Waals surface area contributed by atoms with Crippen LogP contribution >= 0.6 is 23.8 Å². The number of nitrogens with zero attached hydrogens (tertiary/aromatic N) is 3. The molecule has 0 amide bonds. The summed E-state index contributed by atoms with van der Waals surface area (Å²) in [7, 11) is 0. The summed E-state index contributed by atoms with van der Waals surface area (Å²) in [4.78, 5) is 6.91. The molecule has 6 heteroatoms. The maximum atomic E-state index is 6.26. The smallest absolute Gasteiger partial charge is 0.170 e. The van der Waals surface area contributed by atoms with Gasteiger partial charge in [-0.1, -0.05) is 23.7 Å². The minimum Gasteiger partial charge on any atom is -0.352 e. The predicted molar refractivity (Wildman–Crippen MR) is 123 cm³/mol. The van der Waals surface area contributed by atoms with Gasteiger partial charge in [0.05, 0.1) is 17.8 Å². The van der Waals surface area contributed by atoms with Crippen molar-refractivity contribution in [3.63, 3.8) is 0 Å². The molecule has 0 bridgehead atoms. The third kappa shape index (κ3) is 3.53. The Hall–Kier alpha value is -2.37. The summed E-state index contributed by atoms with van der Waals surface area (Å²) in [6.45, 7) is 8.65. The second-order valence-corrected chi connectivity index (χ2v) is 8.59. The van der Waals surface area contributed by atoms with E-state index in [1.807, 2.05) is 36.5 Å². The lowest BCUT2D eigenvalue weighted by molar-refractivity contribution is 0.269. The van der Waals surface area contributed by atoms with E-state index in [1.54, 1.807) is 0 Å². The van der Waals surface area contributed by atoms with Gasteiger partial charge < -0.3 is 14.8 Å². The number of hydrogen-bond acceptors (Lipinski definition) is 2. The van der Waals surface area contributed by atoms with Crippen molar-refractivity contribution in [2.75, 3.05) is 0 Å². The number of hydrogen-bond donors (Lipinski definition) is 1. The molecular formula is C23H25ClN4S. The molecule has 2 aromatic heterocycles. The summed E-state index contributed by atoms with van der Waals surface area (Å²) >= 11 is 12.0. The van der Waals surface area contributed by atoms with Gasteiger partial charge in [-0.2, -0.15) is 0 Å². The molecular weight excluding hydrogens is 400 g/mol. The summed E-state index contributed by atoms with van der Waals surface area (Å²) in [5.41, 5.74) is 5.67. The molecule has 29 heavy (non-hydrogen) atoms. The number of halogens is 1. The zero-order chi connectivity index (χ0) is 20.7. The highest BCUT2D eigenvalue weighted by Gasteiger charge is 2.42. The fourth-order valence-electron chi connectivity index (χ4n) is 4.35. The number of aromatic nitrogens is 2. The Morgan fingerprint density at radius 1 is 1.10 bits per heavy atom. The molecule has 1 aliphatic rings. The Morgan fingerprint density at radius 2 is 1.90 bits per heavy atom.